The summed E-state index contributed by atoms with van der Waals surface area (Å²) in [5, 5.41) is 11.6. The Balaban J connectivity index is 1.14. The van der Waals surface area contributed by atoms with E-state index in [1.165, 1.54) is 23.5 Å². The highest BCUT2D eigenvalue weighted by molar-refractivity contribution is 8.07. The van der Waals surface area contributed by atoms with Gasteiger partial charge in [0, 0.05) is 11.3 Å². The van der Waals surface area contributed by atoms with E-state index in [4.69, 9.17) is 46.1 Å². The van der Waals surface area contributed by atoms with Gasteiger partial charge in [0.05, 0.1) is 31.9 Å². The Bertz CT molecular complexity index is 2060. The lowest BCUT2D eigenvalue weighted by Gasteiger charge is -2.35. The van der Waals surface area contributed by atoms with E-state index in [1.807, 2.05) is 0 Å². The van der Waals surface area contributed by atoms with Crippen molar-refractivity contribution in [3.63, 3.8) is 0 Å². The molecule has 2 unspecified atom stereocenters. The first kappa shape index (κ1) is 30.4. The molecule has 46 heavy (non-hydrogen) atoms. The zero-order valence-electron chi connectivity index (χ0n) is 23.8. The second-order valence-corrected chi connectivity index (χ2v) is 16.4. The summed E-state index contributed by atoms with van der Waals surface area (Å²) in [7, 11) is -4.84. The van der Waals surface area contributed by atoms with E-state index in [0.29, 0.717) is 17.6 Å². The first-order chi connectivity index (χ1) is 21.7. The van der Waals surface area contributed by atoms with Crippen molar-refractivity contribution in [3.05, 3.63) is 29.3 Å². The fourth-order valence-electron chi connectivity index (χ4n) is 6.85. The number of nitrogens with one attached hydrogen (secondary N) is 1. The van der Waals surface area contributed by atoms with E-state index in [-0.39, 0.29) is 36.0 Å². The molecule has 4 fully saturated rings. The Hall–Kier alpha value is -2.94. The fraction of sp³-hybridized carbons (Fsp3) is 0.565. The molecule has 0 amide bonds. The number of H-pyrrole nitrogens is 1. The SMILES string of the molecule is C[C@@]12COP(=O)(O)O[C@H]3[C@H](n4cnc5c(=O)[nH]c(N)nc54)O[C@@]4(COP(O)(=S)O[C@H]1[C@@H](O)[C@H](n1cnc5c(N)ncnc51)C2)C[C@@H]34. The minimum absolute atomic E-state index is 0.0346. The van der Waals surface area contributed by atoms with E-state index in [2.05, 4.69) is 29.9 Å². The summed E-state index contributed by atoms with van der Waals surface area (Å²) in [5.41, 5.74) is 9.47. The highest BCUT2D eigenvalue weighted by Crippen LogP contribution is 2.66. The Kier molecular flexibility index (Phi) is 6.63. The Morgan fingerprint density at radius 2 is 1.80 bits per heavy atom. The van der Waals surface area contributed by atoms with Crippen molar-refractivity contribution in [2.75, 3.05) is 24.7 Å². The van der Waals surface area contributed by atoms with Crippen LogP contribution in [0.4, 0.5) is 11.8 Å². The van der Waals surface area contributed by atoms with Gasteiger partial charge in [0.15, 0.2) is 28.9 Å². The molecular weight excluding hydrogens is 670 g/mol. The van der Waals surface area contributed by atoms with Gasteiger partial charge in [-0.3, -0.25) is 23.4 Å². The van der Waals surface area contributed by atoms with E-state index in [9.17, 15) is 24.3 Å². The van der Waals surface area contributed by atoms with Crippen LogP contribution in [0.1, 0.15) is 32.0 Å². The number of nitrogens with two attached hydrogens (primary N) is 2. The second-order valence-electron chi connectivity index (χ2n) is 12.2. The molecule has 246 valence electrons. The normalized spacial score (nSPS) is 41.0. The lowest BCUT2D eigenvalue weighted by Crippen LogP contribution is -2.39. The number of phosphoric acid groups is 1. The molecule has 4 aromatic heterocycles. The second kappa shape index (κ2) is 10.0. The molecule has 0 aromatic carbocycles. The zero-order chi connectivity index (χ0) is 32.4. The molecule has 2 aliphatic carbocycles. The molecule has 0 radical (unpaired) electrons. The number of aliphatic hydroxyl groups excluding tert-OH is 1. The maximum absolute atomic E-state index is 13.6. The third kappa shape index (κ3) is 4.73. The first-order valence-corrected chi connectivity index (χ1v) is 18.1. The number of ether oxygens (including phenoxy) is 1. The summed E-state index contributed by atoms with van der Waals surface area (Å²) in [6.45, 7) is -3.16. The number of aliphatic hydroxyl groups is 1. The van der Waals surface area contributed by atoms with E-state index in [0.717, 1.165) is 0 Å². The van der Waals surface area contributed by atoms with Gasteiger partial charge < -0.3 is 44.7 Å². The lowest BCUT2D eigenvalue weighted by atomic mass is 9.87. The van der Waals surface area contributed by atoms with Crippen LogP contribution < -0.4 is 17.0 Å². The number of hydrogen-bond donors (Lipinski definition) is 6. The quantitative estimate of drug-likeness (QED) is 0.149. The van der Waals surface area contributed by atoms with Gasteiger partial charge >= 0.3 is 14.5 Å². The van der Waals surface area contributed by atoms with E-state index < -0.39 is 74.2 Å². The van der Waals surface area contributed by atoms with Crippen LogP contribution in [0.3, 0.4) is 0 Å². The van der Waals surface area contributed by atoms with Gasteiger partial charge in [-0.05, 0) is 24.6 Å². The van der Waals surface area contributed by atoms with Gasteiger partial charge in [0.1, 0.15) is 35.8 Å². The standard InChI is InChI=1S/C23H28N10O10P2S/c1-22-3-10(32-7-28-11-16(24)26-6-27-17(11)32)13(34)15(22)43-45(38,46)40-5-23-2-9(23)14(42-44(36,37)39-4-22)20(41-23)33-8-29-12-18(33)30-21(25)31-19(12)35/h6-10,13-15,20,34H,2-5H2,1H3,(H,36,37)(H,38,46)(H2,24,26,27)(H3,25,30,31,35)/t9-,10+,13-,14+,15-,20+,22+,23+,45?/m0/s1. The Labute approximate surface area is 262 Å². The van der Waals surface area contributed by atoms with Crippen molar-refractivity contribution in [2.24, 2.45) is 11.3 Å². The topological polar surface area (TPSA) is 283 Å². The van der Waals surface area contributed by atoms with Crippen molar-refractivity contribution in [1.29, 1.82) is 0 Å². The maximum atomic E-state index is 13.6. The summed E-state index contributed by atoms with van der Waals surface area (Å²) in [5.74, 6) is -0.540. The van der Waals surface area contributed by atoms with Gasteiger partial charge in [-0.1, -0.05) is 6.92 Å². The van der Waals surface area contributed by atoms with Crippen LogP contribution in [-0.4, -0.2) is 91.1 Å². The molecule has 20 nitrogen and oxygen atoms in total. The number of hydrogen-bond acceptors (Lipinski definition) is 16. The maximum Gasteiger partial charge on any atom is 0.472 e. The van der Waals surface area contributed by atoms with Gasteiger partial charge in [0.25, 0.3) is 5.56 Å². The Morgan fingerprint density at radius 1 is 1.04 bits per heavy atom. The van der Waals surface area contributed by atoms with Crippen LogP contribution in [0.15, 0.2) is 23.8 Å². The van der Waals surface area contributed by atoms with Crippen molar-refractivity contribution >= 4 is 60.4 Å². The highest BCUT2D eigenvalue weighted by Gasteiger charge is 2.70. The van der Waals surface area contributed by atoms with Crippen LogP contribution >= 0.6 is 14.5 Å². The molecule has 2 saturated heterocycles. The van der Waals surface area contributed by atoms with E-state index >= 15 is 0 Å². The largest absolute Gasteiger partial charge is 0.472 e. The first-order valence-electron chi connectivity index (χ1n) is 14.0. The lowest BCUT2D eigenvalue weighted by molar-refractivity contribution is -0.0947. The summed E-state index contributed by atoms with van der Waals surface area (Å²) >= 11 is 5.39. The van der Waals surface area contributed by atoms with Crippen LogP contribution in [0.2, 0.25) is 0 Å². The van der Waals surface area contributed by atoms with Crippen molar-refractivity contribution in [1.82, 2.24) is 39.0 Å². The van der Waals surface area contributed by atoms with Crippen molar-refractivity contribution in [2.45, 2.75) is 55.9 Å². The molecule has 0 spiro atoms. The summed E-state index contributed by atoms with van der Waals surface area (Å²) in [6, 6.07) is -0.757. The molecule has 4 aromatic rings. The molecule has 8 rings (SSSR count). The average Bonchev–Trinajstić information content (AvgIpc) is 3.30. The van der Waals surface area contributed by atoms with Crippen molar-refractivity contribution < 1.29 is 42.3 Å². The number of nitrogens with zero attached hydrogens (tertiary/aromatic N) is 7. The summed E-state index contributed by atoms with van der Waals surface area (Å²) in [6.07, 6.45) is -0.374. The number of anilines is 2. The van der Waals surface area contributed by atoms with Gasteiger partial charge in [-0.2, -0.15) is 4.98 Å². The molecule has 23 heteroatoms. The zero-order valence-corrected chi connectivity index (χ0v) is 26.4. The summed E-state index contributed by atoms with van der Waals surface area (Å²) < 4.78 is 45.9. The number of aromatic amines is 1. The Morgan fingerprint density at radius 3 is 2.61 bits per heavy atom. The number of aromatic nitrogens is 8. The molecule has 2 saturated carbocycles. The molecule has 10 atom stereocenters. The fourth-order valence-corrected chi connectivity index (χ4v) is 9.48. The molecule has 8 N–H and O–H groups in total. The number of nitrogen functional groups attached to an aromatic ring is 2. The number of rotatable bonds is 2. The summed E-state index contributed by atoms with van der Waals surface area (Å²) in [4.78, 5) is 57.8. The third-order valence-electron chi connectivity index (χ3n) is 9.18. The highest BCUT2D eigenvalue weighted by atomic mass is 32.5. The number of fused-ring (bicyclic) bond motifs is 3. The monoisotopic (exact) mass is 698 g/mol. The number of phosphoric ester groups is 1. The van der Waals surface area contributed by atoms with E-state index in [1.54, 1.807) is 11.5 Å². The minimum Gasteiger partial charge on any atom is -0.388 e. The smallest absolute Gasteiger partial charge is 0.388 e. The third-order valence-corrected chi connectivity index (χ3v) is 11.7. The van der Waals surface area contributed by atoms with Crippen LogP contribution in [0, 0.1) is 11.3 Å². The molecular formula is C23H28N10O10P2S. The predicted molar refractivity (Wildman–Crippen MR) is 159 cm³/mol. The predicted octanol–water partition coefficient (Wildman–Crippen LogP) is -0.142. The molecule has 4 aliphatic rings. The molecule has 2 aliphatic heterocycles. The minimum atomic E-state index is -4.84. The van der Waals surface area contributed by atoms with Crippen LogP contribution in [0.5, 0.6) is 0 Å². The number of imidazole rings is 2. The average molecular weight is 699 g/mol. The van der Waals surface area contributed by atoms with Crippen molar-refractivity contribution in [3.8, 4) is 0 Å². The molecule has 6 heterocycles. The van der Waals surface area contributed by atoms with Crippen LogP contribution in [-0.2, 0) is 39.2 Å². The van der Waals surface area contributed by atoms with Gasteiger partial charge in [0.2, 0.25) is 5.95 Å². The van der Waals surface area contributed by atoms with Gasteiger partial charge in [-0.15, -0.1) is 0 Å². The van der Waals surface area contributed by atoms with Gasteiger partial charge in [-0.25, -0.2) is 24.5 Å². The molecule has 2 bridgehead atoms. The van der Waals surface area contributed by atoms with Crippen LogP contribution in [0.25, 0.3) is 22.3 Å².